The lowest BCUT2D eigenvalue weighted by molar-refractivity contribution is -0.130. The van der Waals surface area contributed by atoms with Crippen molar-refractivity contribution >= 4 is 17.4 Å². The van der Waals surface area contributed by atoms with Crippen LogP contribution in [0.3, 0.4) is 0 Å². The predicted octanol–water partition coefficient (Wildman–Crippen LogP) is 3.19. The summed E-state index contributed by atoms with van der Waals surface area (Å²) in [6.45, 7) is 6.91. The van der Waals surface area contributed by atoms with Crippen LogP contribution in [0.15, 0.2) is 42.5 Å². The standard InChI is InChI=1S/C23H28N2O4/c1-4-29-22-8-6-5-7-20(22)24-11-13-25(14-12-24)23(27)16-19-15-18(17(2)26)9-10-21(19)28-3/h5-10,15H,4,11-14,16H2,1-3H3. The third kappa shape index (κ3) is 4.88. The molecule has 0 aliphatic carbocycles. The van der Waals surface area contributed by atoms with Gasteiger partial charge in [-0.2, -0.15) is 0 Å². The lowest BCUT2D eigenvalue weighted by Gasteiger charge is -2.36. The Morgan fingerprint density at radius 3 is 2.38 bits per heavy atom. The molecule has 1 saturated heterocycles. The maximum absolute atomic E-state index is 12.9. The number of carbonyl (C=O) groups excluding carboxylic acids is 2. The van der Waals surface area contributed by atoms with E-state index in [0.29, 0.717) is 31.0 Å². The highest BCUT2D eigenvalue weighted by Crippen LogP contribution is 2.29. The maximum atomic E-state index is 12.9. The largest absolute Gasteiger partial charge is 0.496 e. The number of piperazine rings is 1. The molecule has 0 N–H and O–H groups in total. The zero-order chi connectivity index (χ0) is 20.8. The van der Waals surface area contributed by atoms with Gasteiger partial charge in [0, 0.05) is 37.3 Å². The summed E-state index contributed by atoms with van der Waals surface area (Å²) in [5, 5.41) is 0. The van der Waals surface area contributed by atoms with Gasteiger partial charge in [-0.15, -0.1) is 0 Å². The van der Waals surface area contributed by atoms with E-state index in [-0.39, 0.29) is 18.1 Å². The van der Waals surface area contributed by atoms with E-state index in [4.69, 9.17) is 9.47 Å². The third-order valence-electron chi connectivity index (χ3n) is 5.17. The Morgan fingerprint density at radius 1 is 1.00 bits per heavy atom. The Kier molecular flexibility index (Phi) is 6.75. The molecule has 0 atom stereocenters. The van der Waals surface area contributed by atoms with Gasteiger partial charge in [0.25, 0.3) is 0 Å². The fraction of sp³-hybridized carbons (Fsp3) is 0.391. The van der Waals surface area contributed by atoms with Crippen LogP contribution in [0.25, 0.3) is 0 Å². The first-order valence-corrected chi connectivity index (χ1v) is 9.96. The molecule has 0 bridgehead atoms. The predicted molar refractivity (Wildman–Crippen MR) is 113 cm³/mol. The Labute approximate surface area is 172 Å². The van der Waals surface area contributed by atoms with Crippen LogP contribution in [-0.2, 0) is 11.2 Å². The molecule has 1 aliphatic heterocycles. The van der Waals surface area contributed by atoms with Gasteiger partial charge in [0.05, 0.1) is 25.8 Å². The first kappa shape index (κ1) is 20.7. The second-order valence-corrected chi connectivity index (χ2v) is 7.03. The van der Waals surface area contributed by atoms with Crippen LogP contribution in [0, 0.1) is 0 Å². The van der Waals surface area contributed by atoms with Crippen LogP contribution in [0.2, 0.25) is 0 Å². The Morgan fingerprint density at radius 2 is 1.72 bits per heavy atom. The first-order chi connectivity index (χ1) is 14.0. The summed E-state index contributed by atoms with van der Waals surface area (Å²) in [7, 11) is 1.57. The van der Waals surface area contributed by atoms with Gasteiger partial charge >= 0.3 is 0 Å². The number of carbonyl (C=O) groups is 2. The van der Waals surface area contributed by atoms with Crippen LogP contribution in [0.5, 0.6) is 11.5 Å². The molecule has 1 heterocycles. The summed E-state index contributed by atoms with van der Waals surface area (Å²) in [6.07, 6.45) is 0.222. The molecule has 3 rings (SSSR count). The lowest BCUT2D eigenvalue weighted by atomic mass is 10.0. The summed E-state index contributed by atoms with van der Waals surface area (Å²) in [4.78, 5) is 28.7. The molecule has 0 saturated carbocycles. The van der Waals surface area contributed by atoms with Gasteiger partial charge in [-0.25, -0.2) is 0 Å². The quantitative estimate of drug-likeness (QED) is 0.673. The molecule has 2 aromatic carbocycles. The number of hydrogen-bond acceptors (Lipinski definition) is 5. The molecule has 0 unspecified atom stereocenters. The molecule has 1 amide bonds. The number of ether oxygens (including phenoxy) is 2. The molecule has 0 aromatic heterocycles. The molecule has 1 fully saturated rings. The Hall–Kier alpha value is -3.02. The molecule has 2 aromatic rings. The average molecular weight is 396 g/mol. The normalized spacial score (nSPS) is 13.9. The van der Waals surface area contributed by atoms with Crippen molar-refractivity contribution in [2.75, 3.05) is 44.8 Å². The summed E-state index contributed by atoms with van der Waals surface area (Å²) in [5.74, 6) is 1.53. The van der Waals surface area contributed by atoms with Crippen LogP contribution in [0.1, 0.15) is 29.8 Å². The molecule has 0 radical (unpaired) electrons. The van der Waals surface area contributed by atoms with E-state index < -0.39 is 0 Å². The van der Waals surface area contributed by atoms with E-state index in [0.717, 1.165) is 30.1 Å². The zero-order valence-electron chi connectivity index (χ0n) is 17.3. The Balaban J connectivity index is 1.65. The van der Waals surface area contributed by atoms with Crippen molar-refractivity contribution in [3.05, 3.63) is 53.6 Å². The van der Waals surface area contributed by atoms with Crippen molar-refractivity contribution in [1.29, 1.82) is 0 Å². The van der Waals surface area contributed by atoms with Gasteiger partial charge in [0.2, 0.25) is 5.91 Å². The molecule has 1 aliphatic rings. The highest BCUT2D eigenvalue weighted by molar-refractivity contribution is 5.94. The van der Waals surface area contributed by atoms with Crippen molar-refractivity contribution in [3.63, 3.8) is 0 Å². The topological polar surface area (TPSA) is 59.1 Å². The summed E-state index contributed by atoms with van der Waals surface area (Å²) in [6, 6.07) is 13.2. The van der Waals surface area contributed by atoms with Crippen LogP contribution in [0.4, 0.5) is 5.69 Å². The molecule has 29 heavy (non-hydrogen) atoms. The average Bonchev–Trinajstić information content (AvgIpc) is 2.74. The minimum atomic E-state index is -0.0251. The third-order valence-corrected chi connectivity index (χ3v) is 5.17. The molecule has 6 heteroatoms. The van der Waals surface area contributed by atoms with Gasteiger partial charge in [0.1, 0.15) is 11.5 Å². The smallest absolute Gasteiger partial charge is 0.227 e. The number of Topliss-reactive ketones (excluding diaryl/α,β-unsaturated/α-hetero) is 1. The summed E-state index contributed by atoms with van der Waals surface area (Å²) >= 11 is 0. The van der Waals surface area contributed by atoms with Crippen LogP contribution in [-0.4, -0.2) is 56.5 Å². The number of benzene rings is 2. The fourth-order valence-corrected chi connectivity index (χ4v) is 3.60. The van der Waals surface area contributed by atoms with Crippen LogP contribution < -0.4 is 14.4 Å². The second-order valence-electron chi connectivity index (χ2n) is 7.03. The number of methoxy groups -OCH3 is 1. The van der Waals surface area contributed by atoms with Crippen molar-refractivity contribution < 1.29 is 19.1 Å². The number of rotatable bonds is 7. The maximum Gasteiger partial charge on any atom is 0.227 e. The minimum Gasteiger partial charge on any atom is -0.496 e. The molecule has 154 valence electrons. The first-order valence-electron chi connectivity index (χ1n) is 9.96. The van der Waals surface area contributed by atoms with Crippen molar-refractivity contribution in [3.8, 4) is 11.5 Å². The number of anilines is 1. The Bertz CT molecular complexity index is 873. The SMILES string of the molecule is CCOc1ccccc1N1CCN(C(=O)Cc2cc(C(C)=O)ccc2OC)CC1. The van der Waals surface area contributed by atoms with Gasteiger partial charge in [-0.1, -0.05) is 12.1 Å². The molecule has 6 nitrogen and oxygen atoms in total. The summed E-state index contributed by atoms with van der Waals surface area (Å²) < 4.78 is 11.1. The van der Waals surface area contributed by atoms with Gasteiger partial charge < -0.3 is 19.3 Å². The van der Waals surface area contributed by atoms with Gasteiger partial charge in [-0.3, -0.25) is 9.59 Å². The van der Waals surface area contributed by atoms with E-state index in [2.05, 4.69) is 11.0 Å². The van der Waals surface area contributed by atoms with E-state index >= 15 is 0 Å². The van der Waals surface area contributed by atoms with E-state index in [1.807, 2.05) is 30.0 Å². The van der Waals surface area contributed by atoms with E-state index in [1.54, 1.807) is 25.3 Å². The zero-order valence-corrected chi connectivity index (χ0v) is 17.3. The highest BCUT2D eigenvalue weighted by Gasteiger charge is 2.24. The molecular formula is C23H28N2O4. The molecular weight excluding hydrogens is 368 g/mol. The fourth-order valence-electron chi connectivity index (χ4n) is 3.60. The van der Waals surface area contributed by atoms with Crippen LogP contribution >= 0.6 is 0 Å². The lowest BCUT2D eigenvalue weighted by Crippen LogP contribution is -2.49. The second kappa shape index (κ2) is 9.45. The molecule has 0 spiro atoms. The van der Waals surface area contributed by atoms with Crippen molar-refractivity contribution in [1.82, 2.24) is 4.90 Å². The van der Waals surface area contributed by atoms with Gasteiger partial charge in [-0.05, 0) is 44.2 Å². The van der Waals surface area contributed by atoms with E-state index in [1.165, 1.54) is 6.92 Å². The number of ketones is 1. The van der Waals surface area contributed by atoms with Crippen molar-refractivity contribution in [2.24, 2.45) is 0 Å². The monoisotopic (exact) mass is 396 g/mol. The highest BCUT2D eigenvalue weighted by atomic mass is 16.5. The minimum absolute atomic E-state index is 0.0251. The van der Waals surface area contributed by atoms with Crippen molar-refractivity contribution in [2.45, 2.75) is 20.3 Å². The summed E-state index contributed by atoms with van der Waals surface area (Å²) in [5.41, 5.74) is 2.40. The van der Waals surface area contributed by atoms with Gasteiger partial charge in [0.15, 0.2) is 5.78 Å². The number of nitrogens with zero attached hydrogens (tertiary/aromatic N) is 2. The number of amides is 1. The number of para-hydroxylation sites is 2. The van der Waals surface area contributed by atoms with E-state index in [9.17, 15) is 9.59 Å². The number of hydrogen-bond donors (Lipinski definition) is 0.